The number of likely N-dealkylation sites (N-methyl/N-ethyl adjacent to an activating group) is 1. The molecule has 0 radical (unpaired) electrons. The molecule has 1 aromatic carbocycles. The number of nitrogens with zero attached hydrogens (tertiary/aromatic N) is 2. The van der Waals surface area contributed by atoms with Crippen LogP contribution >= 0.6 is 12.4 Å². The summed E-state index contributed by atoms with van der Waals surface area (Å²) in [5.41, 5.74) is 5.03. The van der Waals surface area contributed by atoms with Crippen LogP contribution in [0.15, 0.2) is 36.7 Å². The lowest BCUT2D eigenvalue weighted by molar-refractivity contribution is 0.0440. The summed E-state index contributed by atoms with van der Waals surface area (Å²) in [6, 6.07) is 8.41. The number of ether oxygens (including phenoxy) is 1. The van der Waals surface area contributed by atoms with E-state index in [1.807, 2.05) is 19.3 Å². The highest BCUT2D eigenvalue weighted by molar-refractivity contribution is 5.85. The van der Waals surface area contributed by atoms with Crippen molar-refractivity contribution in [3.8, 4) is 11.1 Å². The lowest BCUT2D eigenvalue weighted by Crippen LogP contribution is -2.25. The molecule has 1 aliphatic heterocycles. The Morgan fingerprint density at radius 2 is 2.20 bits per heavy atom. The quantitative estimate of drug-likeness (QED) is 0.943. The molecule has 0 aliphatic carbocycles. The summed E-state index contributed by atoms with van der Waals surface area (Å²) in [5, 5.41) is 11.0. The van der Waals surface area contributed by atoms with Gasteiger partial charge >= 0.3 is 0 Å². The molecule has 106 valence electrons. The summed E-state index contributed by atoms with van der Waals surface area (Å²) in [6.07, 6.45) is 4.65. The van der Waals surface area contributed by atoms with Gasteiger partial charge in [-0.3, -0.25) is 0 Å². The minimum atomic E-state index is 0. The second kappa shape index (κ2) is 6.79. The Morgan fingerprint density at radius 3 is 2.95 bits per heavy atom. The number of fused-ring (bicyclic) bond motifs is 1. The van der Waals surface area contributed by atoms with Crippen molar-refractivity contribution in [2.75, 3.05) is 20.2 Å². The molecule has 5 heteroatoms. The highest BCUT2D eigenvalue weighted by atomic mass is 35.5. The van der Waals surface area contributed by atoms with Crippen LogP contribution in [0.2, 0.25) is 0 Å². The minimum absolute atomic E-state index is 0. The van der Waals surface area contributed by atoms with Gasteiger partial charge in [-0.15, -0.1) is 12.4 Å². The Balaban J connectivity index is 0.00000147. The van der Waals surface area contributed by atoms with Gasteiger partial charge in [0.05, 0.1) is 25.1 Å². The highest BCUT2D eigenvalue weighted by Gasteiger charge is 2.22. The zero-order valence-corrected chi connectivity index (χ0v) is 12.2. The smallest absolute Gasteiger partial charge is 0.0952 e. The van der Waals surface area contributed by atoms with E-state index in [0.29, 0.717) is 0 Å². The summed E-state index contributed by atoms with van der Waals surface area (Å²) in [5.74, 6) is 0. The van der Waals surface area contributed by atoms with Crippen molar-refractivity contribution in [2.24, 2.45) is 0 Å². The molecule has 3 rings (SSSR count). The van der Waals surface area contributed by atoms with Crippen molar-refractivity contribution in [1.29, 1.82) is 0 Å². The lowest BCUT2D eigenvalue weighted by atomic mass is 9.90. The largest absolute Gasteiger partial charge is 0.372 e. The fourth-order valence-electron chi connectivity index (χ4n) is 2.65. The molecule has 0 saturated heterocycles. The Labute approximate surface area is 125 Å². The van der Waals surface area contributed by atoms with Crippen LogP contribution in [-0.4, -0.2) is 30.4 Å². The van der Waals surface area contributed by atoms with Crippen LogP contribution < -0.4 is 5.32 Å². The highest BCUT2D eigenvalue weighted by Crippen LogP contribution is 2.33. The van der Waals surface area contributed by atoms with E-state index in [1.165, 1.54) is 16.7 Å². The van der Waals surface area contributed by atoms with Crippen molar-refractivity contribution >= 4 is 12.4 Å². The van der Waals surface area contributed by atoms with E-state index in [9.17, 15) is 0 Å². The van der Waals surface area contributed by atoms with Crippen LogP contribution in [0.3, 0.4) is 0 Å². The maximum Gasteiger partial charge on any atom is 0.0952 e. The fraction of sp³-hybridized carbons (Fsp3) is 0.333. The first kappa shape index (κ1) is 14.9. The number of nitrogens with one attached hydrogen (secondary N) is 1. The number of aromatic nitrogens is 2. The van der Waals surface area contributed by atoms with E-state index in [0.717, 1.165) is 25.1 Å². The van der Waals surface area contributed by atoms with Crippen LogP contribution in [0.25, 0.3) is 11.1 Å². The summed E-state index contributed by atoms with van der Waals surface area (Å²) in [6.45, 7) is 1.61. The first-order valence-electron chi connectivity index (χ1n) is 6.55. The summed E-state index contributed by atoms with van der Waals surface area (Å²) >= 11 is 0. The predicted molar refractivity (Wildman–Crippen MR) is 81.0 cm³/mol. The molecule has 1 aliphatic rings. The standard InChI is InChI=1S/C15H17N3O.ClH/c1-16-10-15-14-4-2-3-12(13(14)6-8-19-15)11-5-7-17-18-9-11;/h2-5,7,9,15-16H,6,8,10H2,1H3;1H/t15-;/m0./s1. The van der Waals surface area contributed by atoms with Crippen LogP contribution in [0.1, 0.15) is 17.2 Å². The summed E-state index contributed by atoms with van der Waals surface area (Å²) in [7, 11) is 1.95. The normalized spacial score (nSPS) is 17.1. The molecule has 0 bridgehead atoms. The maximum atomic E-state index is 5.85. The number of hydrogen-bond acceptors (Lipinski definition) is 4. The Hall–Kier alpha value is -1.49. The number of hydrogen-bond donors (Lipinski definition) is 1. The Morgan fingerprint density at radius 1 is 1.30 bits per heavy atom. The minimum Gasteiger partial charge on any atom is -0.372 e. The van der Waals surface area contributed by atoms with Gasteiger partial charge in [-0.05, 0) is 36.2 Å². The summed E-state index contributed by atoms with van der Waals surface area (Å²) in [4.78, 5) is 0. The molecular weight excluding hydrogens is 274 g/mol. The maximum absolute atomic E-state index is 5.85. The molecule has 4 nitrogen and oxygen atoms in total. The molecular formula is C15H18ClN3O. The van der Waals surface area contributed by atoms with Gasteiger partial charge in [0.2, 0.25) is 0 Å². The lowest BCUT2D eigenvalue weighted by Gasteiger charge is -2.27. The zero-order chi connectivity index (χ0) is 13.1. The zero-order valence-electron chi connectivity index (χ0n) is 11.4. The van der Waals surface area contributed by atoms with Gasteiger partial charge in [0.25, 0.3) is 0 Å². The van der Waals surface area contributed by atoms with Crippen molar-refractivity contribution in [3.63, 3.8) is 0 Å². The number of rotatable bonds is 3. The second-order valence-corrected chi connectivity index (χ2v) is 4.67. The predicted octanol–water partition coefficient (Wildman–Crippen LogP) is 2.40. The third kappa shape index (κ3) is 2.82. The molecule has 0 fully saturated rings. The molecule has 0 unspecified atom stereocenters. The molecule has 2 aromatic rings. The average molecular weight is 292 g/mol. The SMILES string of the molecule is CNC[C@@H]1OCCc2c(-c3ccnnc3)cccc21.Cl. The van der Waals surface area contributed by atoms with E-state index in [1.54, 1.807) is 6.20 Å². The van der Waals surface area contributed by atoms with E-state index in [2.05, 4.69) is 33.7 Å². The average Bonchev–Trinajstić information content (AvgIpc) is 2.48. The molecule has 0 spiro atoms. The van der Waals surface area contributed by atoms with Crippen molar-refractivity contribution < 1.29 is 4.74 Å². The van der Waals surface area contributed by atoms with Gasteiger partial charge in [-0.2, -0.15) is 10.2 Å². The van der Waals surface area contributed by atoms with Crippen molar-refractivity contribution in [1.82, 2.24) is 15.5 Å². The van der Waals surface area contributed by atoms with Crippen LogP contribution in [0.5, 0.6) is 0 Å². The fourth-order valence-corrected chi connectivity index (χ4v) is 2.65. The van der Waals surface area contributed by atoms with Gasteiger partial charge in [-0.1, -0.05) is 18.2 Å². The van der Waals surface area contributed by atoms with Crippen LogP contribution in [0, 0.1) is 0 Å². The molecule has 0 amide bonds. The summed E-state index contributed by atoms with van der Waals surface area (Å²) < 4.78 is 5.85. The van der Waals surface area contributed by atoms with E-state index in [-0.39, 0.29) is 18.5 Å². The molecule has 0 saturated carbocycles. The monoisotopic (exact) mass is 291 g/mol. The number of halogens is 1. The van der Waals surface area contributed by atoms with E-state index < -0.39 is 0 Å². The second-order valence-electron chi connectivity index (χ2n) is 4.67. The van der Waals surface area contributed by atoms with Gasteiger partial charge in [0.1, 0.15) is 0 Å². The molecule has 1 aromatic heterocycles. The van der Waals surface area contributed by atoms with E-state index in [4.69, 9.17) is 4.74 Å². The van der Waals surface area contributed by atoms with Gasteiger partial charge < -0.3 is 10.1 Å². The number of benzene rings is 1. The molecule has 1 N–H and O–H groups in total. The van der Waals surface area contributed by atoms with Gasteiger partial charge in [0, 0.05) is 12.1 Å². The van der Waals surface area contributed by atoms with Gasteiger partial charge in [0.15, 0.2) is 0 Å². The third-order valence-electron chi connectivity index (χ3n) is 3.52. The van der Waals surface area contributed by atoms with Crippen molar-refractivity contribution in [3.05, 3.63) is 47.8 Å². The molecule has 20 heavy (non-hydrogen) atoms. The van der Waals surface area contributed by atoms with Crippen LogP contribution in [0.4, 0.5) is 0 Å². The topological polar surface area (TPSA) is 47.0 Å². The third-order valence-corrected chi connectivity index (χ3v) is 3.52. The molecule has 1 atom stereocenters. The van der Waals surface area contributed by atoms with E-state index >= 15 is 0 Å². The van der Waals surface area contributed by atoms with Gasteiger partial charge in [-0.25, -0.2) is 0 Å². The first-order chi connectivity index (χ1) is 9.40. The van der Waals surface area contributed by atoms with Crippen LogP contribution in [-0.2, 0) is 11.2 Å². The Kier molecular flexibility index (Phi) is 5.06. The molecule has 2 heterocycles. The Bertz CT molecular complexity index is 562. The first-order valence-corrected chi connectivity index (χ1v) is 6.55. The van der Waals surface area contributed by atoms with Crippen molar-refractivity contribution in [2.45, 2.75) is 12.5 Å².